The van der Waals surface area contributed by atoms with E-state index in [1.165, 1.54) is 36.9 Å². The first kappa shape index (κ1) is 13.9. The van der Waals surface area contributed by atoms with E-state index in [1.54, 1.807) is 7.05 Å². The molecular formula is C15H22N6. The van der Waals surface area contributed by atoms with Gasteiger partial charge in [0.1, 0.15) is 0 Å². The fourth-order valence-corrected chi connectivity index (χ4v) is 2.96. The summed E-state index contributed by atoms with van der Waals surface area (Å²) in [7, 11) is 1.76. The van der Waals surface area contributed by atoms with Crippen LogP contribution in [0, 0.1) is 6.92 Å². The molecule has 1 heterocycles. The van der Waals surface area contributed by atoms with Gasteiger partial charge in [0.15, 0.2) is 0 Å². The summed E-state index contributed by atoms with van der Waals surface area (Å²) in [5, 5.41) is 15.8. The summed E-state index contributed by atoms with van der Waals surface area (Å²) in [6.07, 6.45) is 6.41. The Morgan fingerprint density at radius 1 is 1.24 bits per heavy atom. The normalized spacial score (nSPS) is 16.1. The summed E-state index contributed by atoms with van der Waals surface area (Å²) in [4.78, 5) is 1.46. The van der Waals surface area contributed by atoms with Gasteiger partial charge in [0.05, 0.1) is 18.4 Å². The van der Waals surface area contributed by atoms with Crippen LogP contribution in [0.3, 0.4) is 0 Å². The minimum absolute atomic E-state index is 0.543. The second-order valence-corrected chi connectivity index (χ2v) is 5.78. The van der Waals surface area contributed by atoms with Crippen LogP contribution >= 0.6 is 0 Å². The maximum Gasteiger partial charge on any atom is 0.205 e. The largest absolute Gasteiger partial charge is 0.397 e. The summed E-state index contributed by atoms with van der Waals surface area (Å²) < 4.78 is 0. The molecule has 0 spiro atoms. The van der Waals surface area contributed by atoms with Crippen LogP contribution in [0.1, 0.15) is 37.7 Å². The molecule has 6 nitrogen and oxygen atoms in total. The van der Waals surface area contributed by atoms with Crippen molar-refractivity contribution in [3.05, 3.63) is 17.7 Å². The van der Waals surface area contributed by atoms with Crippen molar-refractivity contribution >= 4 is 11.4 Å². The van der Waals surface area contributed by atoms with Crippen molar-refractivity contribution < 1.29 is 0 Å². The summed E-state index contributed by atoms with van der Waals surface area (Å²) in [5.74, 6) is 0.617. The van der Waals surface area contributed by atoms with E-state index in [9.17, 15) is 0 Å². The Balaban J connectivity index is 1.85. The third-order valence-corrected chi connectivity index (χ3v) is 4.23. The standard InChI is InChI=1S/C15H22N6/c1-10-12(15-18-20-21(2)19-15)8-9-13(14(10)16)17-11-6-4-3-5-7-11/h8-9,11,17H,3-7,16H2,1-2H3. The number of benzene rings is 1. The molecule has 3 rings (SSSR count). The van der Waals surface area contributed by atoms with Gasteiger partial charge in [-0.05, 0) is 42.7 Å². The van der Waals surface area contributed by atoms with E-state index in [4.69, 9.17) is 5.73 Å². The second kappa shape index (κ2) is 5.71. The third-order valence-electron chi connectivity index (χ3n) is 4.23. The highest BCUT2D eigenvalue weighted by atomic mass is 15.6. The fraction of sp³-hybridized carbons (Fsp3) is 0.533. The van der Waals surface area contributed by atoms with E-state index in [1.807, 2.05) is 19.1 Å². The zero-order chi connectivity index (χ0) is 14.8. The molecule has 1 aliphatic carbocycles. The Bertz CT molecular complexity index is 627. The molecule has 0 amide bonds. The number of nitrogens with two attached hydrogens (primary N) is 1. The molecule has 1 aromatic heterocycles. The highest BCUT2D eigenvalue weighted by molar-refractivity contribution is 5.78. The molecule has 1 aromatic carbocycles. The Morgan fingerprint density at radius 3 is 2.67 bits per heavy atom. The SMILES string of the molecule is Cc1c(-c2nnn(C)n2)ccc(NC2CCCCC2)c1N. The maximum absolute atomic E-state index is 6.30. The van der Waals surface area contributed by atoms with E-state index < -0.39 is 0 Å². The van der Waals surface area contributed by atoms with Crippen molar-refractivity contribution in [1.29, 1.82) is 0 Å². The van der Waals surface area contributed by atoms with Crippen molar-refractivity contribution in [1.82, 2.24) is 20.2 Å². The van der Waals surface area contributed by atoms with Crippen LogP contribution < -0.4 is 11.1 Å². The van der Waals surface area contributed by atoms with Gasteiger partial charge in [-0.25, -0.2) is 0 Å². The lowest BCUT2D eigenvalue weighted by Crippen LogP contribution is -2.23. The molecule has 0 aliphatic heterocycles. The molecule has 1 aliphatic rings. The van der Waals surface area contributed by atoms with Crippen LogP contribution in [-0.4, -0.2) is 26.2 Å². The van der Waals surface area contributed by atoms with Crippen LogP contribution in [0.15, 0.2) is 12.1 Å². The van der Waals surface area contributed by atoms with Crippen LogP contribution in [0.25, 0.3) is 11.4 Å². The van der Waals surface area contributed by atoms with Crippen LogP contribution in [0.4, 0.5) is 11.4 Å². The number of nitrogens with zero attached hydrogens (tertiary/aromatic N) is 4. The lowest BCUT2D eigenvalue weighted by Gasteiger charge is -2.25. The van der Waals surface area contributed by atoms with Crippen molar-refractivity contribution in [3.8, 4) is 11.4 Å². The zero-order valence-corrected chi connectivity index (χ0v) is 12.6. The highest BCUT2D eigenvalue weighted by Gasteiger charge is 2.17. The topological polar surface area (TPSA) is 81.7 Å². The van der Waals surface area contributed by atoms with Gasteiger partial charge in [-0.1, -0.05) is 19.3 Å². The highest BCUT2D eigenvalue weighted by Crippen LogP contribution is 2.32. The number of aryl methyl sites for hydroxylation is 1. The second-order valence-electron chi connectivity index (χ2n) is 5.78. The first-order valence-electron chi connectivity index (χ1n) is 7.55. The molecule has 0 atom stereocenters. The summed E-state index contributed by atoms with van der Waals surface area (Å²) >= 11 is 0. The first-order valence-corrected chi connectivity index (χ1v) is 7.55. The van der Waals surface area contributed by atoms with Crippen molar-refractivity contribution in [2.75, 3.05) is 11.1 Å². The number of tetrazole rings is 1. The van der Waals surface area contributed by atoms with Crippen molar-refractivity contribution in [2.45, 2.75) is 45.1 Å². The van der Waals surface area contributed by atoms with Gasteiger partial charge in [0.2, 0.25) is 5.82 Å². The number of aromatic nitrogens is 4. The number of hydrogen-bond acceptors (Lipinski definition) is 5. The molecule has 2 aromatic rings. The fourth-order valence-electron chi connectivity index (χ4n) is 2.96. The molecule has 6 heteroatoms. The zero-order valence-electron chi connectivity index (χ0n) is 12.6. The van der Waals surface area contributed by atoms with E-state index in [2.05, 4.69) is 20.7 Å². The Labute approximate surface area is 124 Å². The molecule has 0 saturated heterocycles. The Hall–Kier alpha value is -2.11. The van der Waals surface area contributed by atoms with Gasteiger partial charge in [-0.3, -0.25) is 0 Å². The third kappa shape index (κ3) is 2.84. The lowest BCUT2D eigenvalue weighted by atomic mass is 9.95. The molecular weight excluding hydrogens is 264 g/mol. The molecule has 1 saturated carbocycles. The van der Waals surface area contributed by atoms with E-state index >= 15 is 0 Å². The maximum atomic E-state index is 6.30. The summed E-state index contributed by atoms with van der Waals surface area (Å²) in [6, 6.07) is 4.59. The molecule has 0 radical (unpaired) electrons. The lowest BCUT2D eigenvalue weighted by molar-refractivity contribution is 0.463. The Kier molecular flexibility index (Phi) is 3.77. The number of nitrogens with one attached hydrogen (secondary N) is 1. The van der Waals surface area contributed by atoms with Crippen LogP contribution in [0.2, 0.25) is 0 Å². The predicted molar refractivity (Wildman–Crippen MR) is 83.9 cm³/mol. The number of rotatable bonds is 3. The molecule has 0 unspecified atom stereocenters. The first-order chi connectivity index (χ1) is 10.1. The minimum Gasteiger partial charge on any atom is -0.397 e. The van der Waals surface area contributed by atoms with Crippen molar-refractivity contribution in [3.63, 3.8) is 0 Å². The molecule has 0 bridgehead atoms. The average Bonchev–Trinajstić information content (AvgIpc) is 2.92. The van der Waals surface area contributed by atoms with Crippen LogP contribution in [-0.2, 0) is 7.05 Å². The molecule has 21 heavy (non-hydrogen) atoms. The van der Waals surface area contributed by atoms with Gasteiger partial charge >= 0.3 is 0 Å². The average molecular weight is 286 g/mol. The van der Waals surface area contributed by atoms with E-state index in [-0.39, 0.29) is 0 Å². The van der Waals surface area contributed by atoms with Gasteiger partial charge in [0.25, 0.3) is 0 Å². The molecule has 3 N–H and O–H groups in total. The molecule has 1 fully saturated rings. The molecule has 112 valence electrons. The smallest absolute Gasteiger partial charge is 0.205 e. The van der Waals surface area contributed by atoms with Crippen molar-refractivity contribution in [2.24, 2.45) is 7.05 Å². The van der Waals surface area contributed by atoms with E-state index in [0.717, 1.165) is 22.5 Å². The minimum atomic E-state index is 0.543. The van der Waals surface area contributed by atoms with E-state index in [0.29, 0.717) is 11.9 Å². The van der Waals surface area contributed by atoms with Gasteiger partial charge < -0.3 is 11.1 Å². The monoisotopic (exact) mass is 286 g/mol. The summed E-state index contributed by atoms with van der Waals surface area (Å²) in [6.45, 7) is 2.01. The van der Waals surface area contributed by atoms with Gasteiger partial charge in [-0.2, -0.15) is 4.80 Å². The van der Waals surface area contributed by atoms with Crippen LogP contribution in [0.5, 0.6) is 0 Å². The summed E-state index contributed by atoms with van der Waals surface area (Å²) in [5.41, 5.74) is 10.0. The predicted octanol–water partition coefficient (Wildman–Crippen LogP) is 2.51. The number of anilines is 2. The Morgan fingerprint density at radius 2 is 2.00 bits per heavy atom. The quantitative estimate of drug-likeness (QED) is 0.847. The van der Waals surface area contributed by atoms with Gasteiger partial charge in [-0.15, -0.1) is 10.2 Å². The number of nitrogen functional groups attached to an aromatic ring is 1. The number of hydrogen-bond donors (Lipinski definition) is 2. The van der Waals surface area contributed by atoms with Gasteiger partial charge in [0, 0.05) is 11.6 Å².